The molecule has 2 rings (SSSR count). The first-order valence-electron chi connectivity index (χ1n) is 7.81. The van der Waals surface area contributed by atoms with Gasteiger partial charge in [0.1, 0.15) is 0 Å². The zero-order chi connectivity index (χ0) is 14.4. The number of carbonyl (C=O) groups excluding carboxylic acids is 1. The number of aryl methyl sites for hydroxylation is 1. The molecule has 110 valence electrons. The number of amides is 1. The summed E-state index contributed by atoms with van der Waals surface area (Å²) in [5.41, 5.74) is 2.80. The van der Waals surface area contributed by atoms with Crippen molar-refractivity contribution in [3.8, 4) is 0 Å². The highest BCUT2D eigenvalue weighted by Gasteiger charge is 2.19. The van der Waals surface area contributed by atoms with Crippen molar-refractivity contribution in [2.24, 2.45) is 0 Å². The second kappa shape index (κ2) is 7.44. The number of benzene rings is 1. The highest BCUT2D eigenvalue weighted by molar-refractivity contribution is 5.78. The maximum Gasteiger partial charge on any atom is 0.234 e. The van der Waals surface area contributed by atoms with E-state index in [4.69, 9.17) is 0 Å². The van der Waals surface area contributed by atoms with E-state index >= 15 is 0 Å². The van der Waals surface area contributed by atoms with Crippen LogP contribution in [0.25, 0.3) is 0 Å². The zero-order valence-electron chi connectivity index (χ0n) is 12.6. The Morgan fingerprint density at radius 2 is 2.20 bits per heavy atom. The van der Waals surface area contributed by atoms with E-state index in [0.717, 1.165) is 25.7 Å². The fourth-order valence-electron chi connectivity index (χ4n) is 3.01. The average Bonchev–Trinajstić information content (AvgIpc) is 2.45. The Morgan fingerprint density at radius 3 is 3.00 bits per heavy atom. The highest BCUT2D eigenvalue weighted by atomic mass is 16.1. The number of rotatable bonds is 6. The second-order valence-electron chi connectivity index (χ2n) is 5.78. The predicted octanol–water partition coefficient (Wildman–Crippen LogP) is 2.96. The molecular formula is C17H26N2O. The van der Waals surface area contributed by atoms with Gasteiger partial charge in [-0.2, -0.15) is 0 Å². The van der Waals surface area contributed by atoms with Crippen LogP contribution >= 0.6 is 0 Å². The topological polar surface area (TPSA) is 41.1 Å². The molecule has 0 spiro atoms. The van der Waals surface area contributed by atoms with E-state index in [1.807, 2.05) is 0 Å². The molecule has 0 heterocycles. The Hall–Kier alpha value is -1.35. The summed E-state index contributed by atoms with van der Waals surface area (Å²) in [6.45, 7) is 4.62. The maximum atomic E-state index is 11.9. The van der Waals surface area contributed by atoms with Gasteiger partial charge in [0.25, 0.3) is 0 Å². The molecule has 0 radical (unpaired) electrons. The van der Waals surface area contributed by atoms with Gasteiger partial charge in [-0.05, 0) is 43.7 Å². The van der Waals surface area contributed by atoms with Gasteiger partial charge in [-0.1, -0.05) is 37.6 Å². The molecule has 3 nitrogen and oxygen atoms in total. The molecule has 0 fully saturated rings. The van der Waals surface area contributed by atoms with E-state index in [1.165, 1.54) is 17.5 Å². The van der Waals surface area contributed by atoms with Crippen molar-refractivity contribution in [3.63, 3.8) is 0 Å². The zero-order valence-corrected chi connectivity index (χ0v) is 12.6. The molecule has 0 bridgehead atoms. The molecule has 1 aromatic carbocycles. The van der Waals surface area contributed by atoms with Gasteiger partial charge in [-0.3, -0.25) is 4.79 Å². The first-order valence-corrected chi connectivity index (χ1v) is 7.81. The van der Waals surface area contributed by atoms with Crippen molar-refractivity contribution in [1.29, 1.82) is 0 Å². The molecule has 0 saturated heterocycles. The molecule has 1 amide bonds. The van der Waals surface area contributed by atoms with Crippen LogP contribution in [0.15, 0.2) is 24.3 Å². The molecule has 2 unspecified atom stereocenters. The standard InChI is InChI=1S/C17H26N2O/c1-3-7-13(2)19-17(20)12-18-16-11-6-9-14-8-4-5-10-15(14)16/h4-5,8,10,13,16,18H,3,6-7,9,11-12H2,1-2H3,(H,19,20). The van der Waals surface area contributed by atoms with Gasteiger partial charge in [0.2, 0.25) is 5.91 Å². The summed E-state index contributed by atoms with van der Waals surface area (Å²) in [7, 11) is 0. The Balaban J connectivity index is 1.84. The molecule has 1 aliphatic rings. The van der Waals surface area contributed by atoms with Crippen molar-refractivity contribution < 1.29 is 4.79 Å². The summed E-state index contributed by atoms with van der Waals surface area (Å²) in [6, 6.07) is 9.17. The van der Waals surface area contributed by atoms with Gasteiger partial charge in [0, 0.05) is 12.1 Å². The van der Waals surface area contributed by atoms with Crippen molar-refractivity contribution >= 4 is 5.91 Å². The largest absolute Gasteiger partial charge is 0.353 e. The average molecular weight is 274 g/mol. The fraction of sp³-hybridized carbons (Fsp3) is 0.588. The third-order valence-corrected chi connectivity index (χ3v) is 4.01. The van der Waals surface area contributed by atoms with Gasteiger partial charge in [0.15, 0.2) is 0 Å². The van der Waals surface area contributed by atoms with Crippen LogP contribution in [-0.4, -0.2) is 18.5 Å². The lowest BCUT2D eigenvalue weighted by atomic mass is 9.88. The van der Waals surface area contributed by atoms with Crippen LogP contribution in [-0.2, 0) is 11.2 Å². The normalized spacial score (nSPS) is 19.2. The van der Waals surface area contributed by atoms with E-state index in [2.05, 4.69) is 48.7 Å². The monoisotopic (exact) mass is 274 g/mol. The molecule has 3 heteroatoms. The third-order valence-electron chi connectivity index (χ3n) is 4.01. The van der Waals surface area contributed by atoms with Crippen LogP contribution in [0, 0.1) is 0 Å². The minimum Gasteiger partial charge on any atom is -0.353 e. The number of nitrogens with one attached hydrogen (secondary N) is 2. The van der Waals surface area contributed by atoms with E-state index in [9.17, 15) is 4.79 Å². The second-order valence-corrected chi connectivity index (χ2v) is 5.78. The van der Waals surface area contributed by atoms with E-state index in [-0.39, 0.29) is 11.9 Å². The van der Waals surface area contributed by atoms with Gasteiger partial charge < -0.3 is 10.6 Å². The van der Waals surface area contributed by atoms with Gasteiger partial charge in [-0.25, -0.2) is 0 Å². The van der Waals surface area contributed by atoms with Crippen LogP contribution in [0.3, 0.4) is 0 Å². The van der Waals surface area contributed by atoms with Crippen LogP contribution in [0.4, 0.5) is 0 Å². The minimum atomic E-state index is 0.106. The van der Waals surface area contributed by atoms with Crippen molar-refractivity contribution in [2.75, 3.05) is 6.54 Å². The minimum absolute atomic E-state index is 0.106. The van der Waals surface area contributed by atoms with Crippen molar-refractivity contribution in [2.45, 2.75) is 58.0 Å². The SMILES string of the molecule is CCCC(C)NC(=O)CNC1CCCc2ccccc21. The lowest BCUT2D eigenvalue weighted by Crippen LogP contribution is -2.40. The maximum absolute atomic E-state index is 11.9. The van der Waals surface area contributed by atoms with Crippen molar-refractivity contribution in [3.05, 3.63) is 35.4 Å². The Morgan fingerprint density at radius 1 is 1.40 bits per heavy atom. The summed E-state index contributed by atoms with van der Waals surface area (Å²) in [6.07, 6.45) is 5.62. The first kappa shape index (κ1) is 15.0. The third kappa shape index (κ3) is 4.07. The Bertz CT molecular complexity index is 444. The molecule has 2 N–H and O–H groups in total. The summed E-state index contributed by atoms with van der Waals surface area (Å²) < 4.78 is 0. The summed E-state index contributed by atoms with van der Waals surface area (Å²) in [5.74, 6) is 0.106. The number of hydrogen-bond acceptors (Lipinski definition) is 2. The molecule has 20 heavy (non-hydrogen) atoms. The van der Waals surface area contributed by atoms with Crippen LogP contribution < -0.4 is 10.6 Å². The molecule has 1 aliphatic carbocycles. The Kier molecular flexibility index (Phi) is 5.60. The van der Waals surface area contributed by atoms with Crippen molar-refractivity contribution in [1.82, 2.24) is 10.6 Å². The molecule has 1 aromatic rings. The summed E-state index contributed by atoms with van der Waals surface area (Å²) in [4.78, 5) is 11.9. The molecule has 2 atom stereocenters. The Labute approximate surface area is 122 Å². The first-order chi connectivity index (χ1) is 9.70. The van der Waals surface area contributed by atoms with E-state index in [1.54, 1.807) is 0 Å². The van der Waals surface area contributed by atoms with E-state index < -0.39 is 0 Å². The highest BCUT2D eigenvalue weighted by Crippen LogP contribution is 2.29. The van der Waals surface area contributed by atoms with Crippen LogP contribution in [0.5, 0.6) is 0 Å². The number of carbonyl (C=O) groups is 1. The van der Waals surface area contributed by atoms with Gasteiger partial charge in [0.05, 0.1) is 6.54 Å². The van der Waals surface area contributed by atoms with E-state index in [0.29, 0.717) is 12.6 Å². The number of fused-ring (bicyclic) bond motifs is 1. The van der Waals surface area contributed by atoms with Crippen LogP contribution in [0.2, 0.25) is 0 Å². The quantitative estimate of drug-likeness (QED) is 0.837. The molecule has 0 saturated carbocycles. The summed E-state index contributed by atoms with van der Waals surface area (Å²) >= 11 is 0. The lowest BCUT2D eigenvalue weighted by Gasteiger charge is -2.26. The van der Waals surface area contributed by atoms with Crippen LogP contribution in [0.1, 0.15) is 56.7 Å². The predicted molar refractivity (Wildman–Crippen MR) is 82.6 cm³/mol. The number of hydrogen-bond donors (Lipinski definition) is 2. The lowest BCUT2D eigenvalue weighted by molar-refractivity contribution is -0.121. The molecular weight excluding hydrogens is 248 g/mol. The van der Waals surface area contributed by atoms with Gasteiger partial charge >= 0.3 is 0 Å². The molecule has 0 aliphatic heterocycles. The van der Waals surface area contributed by atoms with Gasteiger partial charge in [-0.15, -0.1) is 0 Å². The summed E-state index contributed by atoms with van der Waals surface area (Å²) in [5, 5.41) is 6.46. The molecule has 0 aromatic heterocycles. The smallest absolute Gasteiger partial charge is 0.234 e. The fourth-order valence-corrected chi connectivity index (χ4v) is 3.01.